The minimum Gasteiger partial charge on any atom is -0.383 e. The Kier molecular flexibility index (Phi) is 6.25. The Morgan fingerprint density at radius 3 is 2.69 bits per heavy atom. The zero-order chi connectivity index (χ0) is 25.2. The molecule has 1 atom stereocenters. The van der Waals surface area contributed by atoms with Crippen LogP contribution in [0.3, 0.4) is 0 Å². The summed E-state index contributed by atoms with van der Waals surface area (Å²) < 4.78 is 0. The normalized spacial score (nSPS) is 16.9. The van der Waals surface area contributed by atoms with Crippen LogP contribution in [0.2, 0.25) is 0 Å². The van der Waals surface area contributed by atoms with E-state index >= 15 is 0 Å². The van der Waals surface area contributed by atoms with Crippen molar-refractivity contribution in [3.05, 3.63) is 84.1 Å². The maximum atomic E-state index is 13.4. The van der Waals surface area contributed by atoms with Gasteiger partial charge in [0.2, 0.25) is 5.91 Å². The lowest BCUT2D eigenvalue weighted by Crippen LogP contribution is -2.41. The van der Waals surface area contributed by atoms with Crippen LogP contribution in [0.15, 0.2) is 72.2 Å². The number of amides is 2. The highest BCUT2D eigenvalue weighted by atomic mass is 16.2. The molecule has 0 radical (unpaired) electrons. The molecule has 1 saturated heterocycles. The van der Waals surface area contributed by atoms with Gasteiger partial charge in [-0.05, 0) is 47.7 Å². The van der Waals surface area contributed by atoms with Gasteiger partial charge in [-0.3, -0.25) is 19.6 Å². The van der Waals surface area contributed by atoms with Gasteiger partial charge >= 0.3 is 0 Å². The third-order valence-electron chi connectivity index (χ3n) is 6.52. The zero-order valence-corrected chi connectivity index (χ0v) is 20.2. The lowest BCUT2D eigenvalue weighted by molar-refractivity contribution is -0.115. The quantitative estimate of drug-likeness (QED) is 0.462. The molecule has 1 aromatic carbocycles. The highest BCUT2D eigenvalue weighted by Gasteiger charge is 2.33. The van der Waals surface area contributed by atoms with Gasteiger partial charge in [0.05, 0.1) is 17.3 Å². The summed E-state index contributed by atoms with van der Waals surface area (Å²) >= 11 is 0. The Hall–Kier alpha value is -4.46. The SMILES string of the molecule is CC(=O)N=C1CCN(C(=O)c2cccnc2)C(c2cc3cccc(-c4c(C)ccnc4N)c3cn2)C1. The first-order valence-corrected chi connectivity index (χ1v) is 11.8. The average molecular weight is 479 g/mol. The monoisotopic (exact) mass is 478 g/mol. The standard InChI is InChI=1S/C28H26N6O2/c1-17-8-11-31-27(29)26(17)22-7-3-5-19-13-24(32-16-23(19)22)25-14-21(33-18(2)35)9-12-34(25)28(36)20-6-4-10-30-15-20/h3-8,10-11,13,15-16,25H,9,12,14H2,1-2H3,(H2,29,31). The summed E-state index contributed by atoms with van der Waals surface area (Å²) in [7, 11) is 0. The predicted octanol–water partition coefficient (Wildman–Crippen LogP) is 4.55. The van der Waals surface area contributed by atoms with Gasteiger partial charge in [-0.15, -0.1) is 0 Å². The van der Waals surface area contributed by atoms with Crippen LogP contribution < -0.4 is 5.73 Å². The molecular weight excluding hydrogens is 452 g/mol. The molecule has 8 nitrogen and oxygen atoms in total. The van der Waals surface area contributed by atoms with E-state index in [1.807, 2.05) is 43.5 Å². The van der Waals surface area contributed by atoms with Gasteiger partial charge in [0.15, 0.2) is 0 Å². The van der Waals surface area contributed by atoms with Gasteiger partial charge in [0.1, 0.15) is 5.82 Å². The van der Waals surface area contributed by atoms with Crippen molar-refractivity contribution in [3.63, 3.8) is 0 Å². The van der Waals surface area contributed by atoms with Gasteiger partial charge in [-0.1, -0.05) is 18.2 Å². The molecule has 1 aliphatic heterocycles. The fourth-order valence-electron chi connectivity index (χ4n) is 4.85. The van der Waals surface area contributed by atoms with Crippen LogP contribution in [0.1, 0.15) is 47.4 Å². The zero-order valence-electron chi connectivity index (χ0n) is 20.2. The minimum absolute atomic E-state index is 0.121. The number of carbonyl (C=O) groups excluding carboxylic acids is 2. The number of likely N-dealkylation sites (tertiary alicyclic amines) is 1. The highest BCUT2D eigenvalue weighted by molar-refractivity contribution is 6.01. The molecule has 4 heterocycles. The number of rotatable bonds is 3. The number of hydrogen-bond acceptors (Lipinski definition) is 6. The van der Waals surface area contributed by atoms with E-state index in [2.05, 4.69) is 15.0 Å². The van der Waals surface area contributed by atoms with E-state index in [0.717, 1.165) is 38.9 Å². The van der Waals surface area contributed by atoms with Crippen LogP contribution in [0, 0.1) is 6.92 Å². The number of anilines is 1. The van der Waals surface area contributed by atoms with Crippen molar-refractivity contribution in [2.75, 3.05) is 12.3 Å². The third-order valence-corrected chi connectivity index (χ3v) is 6.52. The highest BCUT2D eigenvalue weighted by Crippen LogP contribution is 2.36. The molecule has 180 valence electrons. The largest absolute Gasteiger partial charge is 0.383 e. The number of nitrogens with zero attached hydrogens (tertiary/aromatic N) is 5. The van der Waals surface area contributed by atoms with Crippen molar-refractivity contribution in [1.82, 2.24) is 19.9 Å². The van der Waals surface area contributed by atoms with E-state index in [-0.39, 0.29) is 17.9 Å². The maximum Gasteiger partial charge on any atom is 0.256 e. The third kappa shape index (κ3) is 4.45. The second-order valence-corrected chi connectivity index (χ2v) is 8.93. The number of hydrogen-bond donors (Lipinski definition) is 1. The van der Waals surface area contributed by atoms with Crippen molar-refractivity contribution in [1.29, 1.82) is 0 Å². The van der Waals surface area contributed by atoms with Crippen molar-refractivity contribution in [2.45, 2.75) is 32.7 Å². The predicted molar refractivity (Wildman–Crippen MR) is 139 cm³/mol. The van der Waals surface area contributed by atoms with Gasteiger partial charge in [0.25, 0.3) is 5.91 Å². The lowest BCUT2D eigenvalue weighted by atomic mass is 9.93. The van der Waals surface area contributed by atoms with Crippen LogP contribution in [0.25, 0.3) is 21.9 Å². The Morgan fingerprint density at radius 1 is 1.08 bits per heavy atom. The summed E-state index contributed by atoms with van der Waals surface area (Å²) in [6.45, 7) is 3.89. The van der Waals surface area contributed by atoms with Crippen LogP contribution in [-0.2, 0) is 4.79 Å². The number of aromatic nitrogens is 3. The van der Waals surface area contributed by atoms with Gasteiger partial charge in [0, 0.05) is 67.8 Å². The molecule has 0 spiro atoms. The number of carbonyl (C=O) groups is 2. The number of aryl methyl sites for hydroxylation is 1. The molecule has 2 amide bonds. The number of nitrogens with two attached hydrogens (primary N) is 1. The Morgan fingerprint density at radius 2 is 1.94 bits per heavy atom. The van der Waals surface area contributed by atoms with E-state index in [9.17, 15) is 9.59 Å². The molecule has 3 aromatic heterocycles. The summed E-state index contributed by atoms with van der Waals surface area (Å²) in [6, 6.07) is 13.1. The number of piperidine rings is 1. The summed E-state index contributed by atoms with van der Waals surface area (Å²) in [5.74, 6) is 0.109. The summed E-state index contributed by atoms with van der Waals surface area (Å²) in [4.78, 5) is 44.3. The molecule has 8 heteroatoms. The molecule has 2 N–H and O–H groups in total. The average Bonchev–Trinajstić information content (AvgIpc) is 2.88. The lowest BCUT2D eigenvalue weighted by Gasteiger charge is -2.36. The van der Waals surface area contributed by atoms with Gasteiger partial charge < -0.3 is 10.6 Å². The van der Waals surface area contributed by atoms with E-state index in [4.69, 9.17) is 10.7 Å². The number of pyridine rings is 3. The van der Waals surface area contributed by atoms with E-state index in [1.165, 1.54) is 6.92 Å². The van der Waals surface area contributed by atoms with Crippen molar-refractivity contribution < 1.29 is 9.59 Å². The van der Waals surface area contributed by atoms with Crippen molar-refractivity contribution in [2.24, 2.45) is 4.99 Å². The Balaban J connectivity index is 1.59. The summed E-state index contributed by atoms with van der Waals surface area (Å²) in [5, 5.41) is 1.92. The topological polar surface area (TPSA) is 114 Å². The minimum atomic E-state index is -0.359. The first-order chi connectivity index (χ1) is 17.4. The van der Waals surface area contributed by atoms with Gasteiger partial charge in [-0.2, -0.15) is 0 Å². The number of fused-ring (bicyclic) bond motifs is 1. The summed E-state index contributed by atoms with van der Waals surface area (Å²) in [6.07, 6.45) is 7.72. The second kappa shape index (κ2) is 9.65. The van der Waals surface area contributed by atoms with Crippen molar-refractivity contribution >= 4 is 34.1 Å². The summed E-state index contributed by atoms with van der Waals surface area (Å²) in [5.41, 5.74) is 11.1. The number of nitrogen functional groups attached to an aromatic ring is 1. The fraction of sp³-hybridized carbons (Fsp3) is 0.214. The molecule has 1 unspecified atom stereocenters. The van der Waals surface area contributed by atoms with Crippen LogP contribution in [-0.4, -0.2) is 43.9 Å². The van der Waals surface area contributed by atoms with Crippen LogP contribution >= 0.6 is 0 Å². The molecule has 0 aliphatic carbocycles. The maximum absolute atomic E-state index is 13.4. The molecule has 4 aromatic rings. The first-order valence-electron chi connectivity index (χ1n) is 11.8. The van der Waals surface area contributed by atoms with E-state index in [1.54, 1.807) is 35.6 Å². The number of aliphatic imine (C=N–C) groups is 1. The molecule has 1 aliphatic rings. The molecular formula is C28H26N6O2. The Labute approximate surface area is 208 Å². The van der Waals surface area contributed by atoms with Crippen molar-refractivity contribution in [3.8, 4) is 11.1 Å². The van der Waals surface area contributed by atoms with E-state index in [0.29, 0.717) is 30.8 Å². The van der Waals surface area contributed by atoms with E-state index < -0.39 is 0 Å². The molecule has 0 saturated carbocycles. The molecule has 0 bridgehead atoms. The number of benzene rings is 1. The molecule has 36 heavy (non-hydrogen) atoms. The first kappa shape index (κ1) is 23.3. The van der Waals surface area contributed by atoms with Gasteiger partial charge in [-0.25, -0.2) is 9.98 Å². The smallest absolute Gasteiger partial charge is 0.256 e. The molecule has 1 fully saturated rings. The Bertz CT molecular complexity index is 1480. The second-order valence-electron chi connectivity index (χ2n) is 8.93. The fourth-order valence-corrected chi connectivity index (χ4v) is 4.85. The van der Waals surface area contributed by atoms with Crippen LogP contribution in [0.4, 0.5) is 5.82 Å². The molecule has 5 rings (SSSR count). The van der Waals surface area contributed by atoms with Crippen LogP contribution in [0.5, 0.6) is 0 Å².